The maximum atomic E-state index is 12.3. The fourth-order valence-corrected chi connectivity index (χ4v) is 2.53. The maximum absolute atomic E-state index is 12.3. The van der Waals surface area contributed by atoms with Crippen LogP contribution in [0.2, 0.25) is 5.02 Å². The van der Waals surface area contributed by atoms with Crippen molar-refractivity contribution in [3.63, 3.8) is 0 Å². The Balaban J connectivity index is 1.68. The number of nitrogens with zero attached hydrogens (tertiary/aromatic N) is 4. The van der Waals surface area contributed by atoms with Crippen molar-refractivity contribution in [3.8, 4) is 11.6 Å². The molecule has 0 atom stereocenters. The average Bonchev–Trinajstić information content (AvgIpc) is 3.17. The number of amides is 1. The van der Waals surface area contributed by atoms with E-state index >= 15 is 0 Å². The summed E-state index contributed by atoms with van der Waals surface area (Å²) in [5.41, 5.74) is 0.0566. The van der Waals surface area contributed by atoms with Gasteiger partial charge in [-0.2, -0.15) is 5.10 Å². The van der Waals surface area contributed by atoms with Crippen molar-refractivity contribution in [3.05, 3.63) is 69.7 Å². The van der Waals surface area contributed by atoms with Gasteiger partial charge >= 0.3 is 0 Å². The van der Waals surface area contributed by atoms with Crippen LogP contribution in [-0.4, -0.2) is 39.1 Å². The Labute approximate surface area is 154 Å². The van der Waals surface area contributed by atoms with Crippen molar-refractivity contribution in [1.29, 1.82) is 0 Å². The smallest absolute Gasteiger partial charge is 0.266 e. The molecule has 0 aliphatic heterocycles. The summed E-state index contributed by atoms with van der Waals surface area (Å²) in [5, 5.41) is 11.5. The number of carbonyl (C=O) groups is 1. The van der Waals surface area contributed by atoms with Crippen LogP contribution in [0, 0.1) is 0 Å². The first-order valence-corrected chi connectivity index (χ1v) is 8.16. The maximum Gasteiger partial charge on any atom is 0.266 e. The molecule has 0 unspecified atom stereocenters. The molecule has 8 nitrogen and oxygen atoms in total. The number of hydrogen-bond acceptors (Lipinski definition) is 5. The van der Waals surface area contributed by atoms with Gasteiger partial charge in [0, 0.05) is 30.0 Å². The first-order chi connectivity index (χ1) is 12.6. The molecule has 134 valence electrons. The SMILES string of the molecule is COc1ccc(Cl)cc1C(=O)NCCn1nc(-n2cccn2)ccc1=O. The van der Waals surface area contributed by atoms with Crippen molar-refractivity contribution < 1.29 is 9.53 Å². The Bertz CT molecular complexity index is 969. The lowest BCUT2D eigenvalue weighted by Gasteiger charge is -2.11. The number of hydrogen-bond donors (Lipinski definition) is 1. The highest BCUT2D eigenvalue weighted by Crippen LogP contribution is 2.22. The van der Waals surface area contributed by atoms with Crippen LogP contribution in [-0.2, 0) is 6.54 Å². The second kappa shape index (κ2) is 7.83. The summed E-state index contributed by atoms with van der Waals surface area (Å²) in [4.78, 5) is 24.3. The average molecular weight is 374 g/mol. The van der Waals surface area contributed by atoms with E-state index in [9.17, 15) is 9.59 Å². The molecule has 26 heavy (non-hydrogen) atoms. The Morgan fingerprint density at radius 2 is 2.15 bits per heavy atom. The summed E-state index contributed by atoms with van der Waals surface area (Å²) in [6.07, 6.45) is 3.35. The van der Waals surface area contributed by atoms with Gasteiger partial charge in [0.25, 0.3) is 11.5 Å². The fourth-order valence-electron chi connectivity index (χ4n) is 2.35. The lowest BCUT2D eigenvalue weighted by atomic mass is 10.2. The van der Waals surface area contributed by atoms with Crippen LogP contribution in [0.5, 0.6) is 5.75 Å². The highest BCUT2D eigenvalue weighted by molar-refractivity contribution is 6.31. The molecular formula is C17H16ClN5O3. The number of benzene rings is 1. The third-order valence-corrected chi connectivity index (χ3v) is 3.84. The number of rotatable bonds is 6. The van der Waals surface area contributed by atoms with Crippen molar-refractivity contribution in [2.45, 2.75) is 6.54 Å². The van der Waals surface area contributed by atoms with Gasteiger partial charge < -0.3 is 10.1 Å². The quantitative estimate of drug-likeness (QED) is 0.707. The number of carbonyl (C=O) groups excluding carboxylic acids is 1. The number of nitrogens with one attached hydrogen (secondary N) is 1. The van der Waals surface area contributed by atoms with E-state index in [0.29, 0.717) is 22.2 Å². The molecule has 0 bridgehead atoms. The van der Waals surface area contributed by atoms with Gasteiger partial charge in [0.05, 0.1) is 19.2 Å². The van der Waals surface area contributed by atoms with E-state index in [1.807, 2.05) is 0 Å². The first kappa shape index (κ1) is 17.7. The summed E-state index contributed by atoms with van der Waals surface area (Å²) in [6.45, 7) is 0.423. The van der Waals surface area contributed by atoms with E-state index in [1.54, 1.807) is 41.3 Å². The van der Waals surface area contributed by atoms with Crippen molar-refractivity contribution in [2.75, 3.05) is 13.7 Å². The van der Waals surface area contributed by atoms with Crippen molar-refractivity contribution in [1.82, 2.24) is 24.9 Å². The molecule has 0 saturated heterocycles. The van der Waals surface area contributed by atoms with Gasteiger partial charge in [-0.15, -0.1) is 5.10 Å². The molecule has 0 aliphatic carbocycles. The molecule has 0 spiro atoms. The number of methoxy groups -OCH3 is 1. The topological polar surface area (TPSA) is 91.0 Å². The zero-order valence-corrected chi connectivity index (χ0v) is 14.7. The van der Waals surface area contributed by atoms with Crippen LogP contribution >= 0.6 is 11.6 Å². The minimum Gasteiger partial charge on any atom is -0.496 e. The van der Waals surface area contributed by atoms with E-state index in [2.05, 4.69) is 15.5 Å². The Kier molecular flexibility index (Phi) is 5.33. The third-order valence-electron chi connectivity index (χ3n) is 3.61. The zero-order chi connectivity index (χ0) is 18.5. The number of ether oxygens (including phenoxy) is 1. The van der Waals surface area contributed by atoms with Crippen LogP contribution in [0.25, 0.3) is 5.82 Å². The van der Waals surface area contributed by atoms with E-state index in [4.69, 9.17) is 16.3 Å². The molecule has 0 saturated carbocycles. The van der Waals surface area contributed by atoms with Gasteiger partial charge in [0.15, 0.2) is 5.82 Å². The van der Waals surface area contributed by atoms with Crippen LogP contribution < -0.4 is 15.6 Å². The van der Waals surface area contributed by atoms with E-state index < -0.39 is 0 Å². The summed E-state index contributed by atoms with van der Waals surface area (Å²) < 4.78 is 7.98. The Morgan fingerprint density at radius 3 is 2.88 bits per heavy atom. The highest BCUT2D eigenvalue weighted by Gasteiger charge is 2.12. The molecule has 0 radical (unpaired) electrons. The normalized spacial score (nSPS) is 10.5. The van der Waals surface area contributed by atoms with Gasteiger partial charge in [-0.3, -0.25) is 9.59 Å². The zero-order valence-electron chi connectivity index (χ0n) is 13.9. The van der Waals surface area contributed by atoms with Gasteiger partial charge in [-0.1, -0.05) is 11.6 Å². The van der Waals surface area contributed by atoms with E-state index in [1.165, 1.54) is 23.9 Å². The summed E-state index contributed by atoms with van der Waals surface area (Å²) in [6, 6.07) is 9.54. The monoisotopic (exact) mass is 373 g/mol. The lowest BCUT2D eigenvalue weighted by Crippen LogP contribution is -2.32. The van der Waals surface area contributed by atoms with E-state index in [-0.39, 0.29) is 24.6 Å². The molecule has 0 fully saturated rings. The molecule has 1 amide bonds. The van der Waals surface area contributed by atoms with Gasteiger partial charge in [0.1, 0.15) is 5.75 Å². The number of halogens is 1. The van der Waals surface area contributed by atoms with Crippen LogP contribution in [0.4, 0.5) is 0 Å². The molecule has 0 aliphatic rings. The predicted octanol–water partition coefficient (Wildman–Crippen LogP) is 1.52. The minimum absolute atomic E-state index is 0.211. The fraction of sp³-hybridized carbons (Fsp3) is 0.176. The molecule has 9 heteroatoms. The minimum atomic E-state index is -0.347. The highest BCUT2D eigenvalue weighted by atomic mass is 35.5. The van der Waals surface area contributed by atoms with Crippen LogP contribution in [0.3, 0.4) is 0 Å². The van der Waals surface area contributed by atoms with Gasteiger partial charge in [-0.25, -0.2) is 9.36 Å². The van der Waals surface area contributed by atoms with Crippen molar-refractivity contribution >= 4 is 17.5 Å². The van der Waals surface area contributed by atoms with Gasteiger partial charge in [0.2, 0.25) is 0 Å². The second-order valence-electron chi connectivity index (χ2n) is 5.30. The van der Waals surface area contributed by atoms with E-state index in [0.717, 1.165) is 0 Å². The number of aromatic nitrogens is 4. The largest absolute Gasteiger partial charge is 0.496 e. The molecule has 1 aromatic carbocycles. The predicted molar refractivity (Wildman–Crippen MR) is 96.0 cm³/mol. The molecular weight excluding hydrogens is 358 g/mol. The molecule has 2 aromatic heterocycles. The summed E-state index contributed by atoms with van der Waals surface area (Å²) in [7, 11) is 1.48. The van der Waals surface area contributed by atoms with Crippen LogP contribution in [0.1, 0.15) is 10.4 Å². The Hall–Kier alpha value is -3.13. The standard InChI is InChI=1S/C17H16ClN5O3/c1-26-14-4-3-12(18)11-13(14)17(25)19-8-10-23-16(24)6-5-15(21-23)22-9-2-7-20-22/h2-7,9,11H,8,10H2,1H3,(H,19,25). The lowest BCUT2D eigenvalue weighted by molar-refractivity contribution is 0.0948. The Morgan fingerprint density at radius 1 is 1.31 bits per heavy atom. The van der Waals surface area contributed by atoms with Crippen molar-refractivity contribution in [2.24, 2.45) is 0 Å². The second-order valence-corrected chi connectivity index (χ2v) is 5.74. The molecule has 1 N–H and O–H groups in total. The molecule has 2 heterocycles. The summed E-state index contributed by atoms with van der Waals surface area (Å²) in [5.74, 6) is 0.584. The third kappa shape index (κ3) is 3.92. The molecule has 3 aromatic rings. The summed E-state index contributed by atoms with van der Waals surface area (Å²) >= 11 is 5.94. The van der Waals surface area contributed by atoms with Crippen LogP contribution in [0.15, 0.2) is 53.6 Å². The van der Waals surface area contributed by atoms with Gasteiger partial charge in [-0.05, 0) is 30.3 Å². The molecule has 3 rings (SSSR count). The first-order valence-electron chi connectivity index (χ1n) is 7.78.